The Hall–Kier alpha value is -13.4. The molecule has 15 aromatic rings. The highest BCUT2D eigenvalue weighted by molar-refractivity contribution is 7.48. The fourth-order valence-electron chi connectivity index (χ4n) is 21.9. The highest BCUT2D eigenvalue weighted by atomic mass is 35.5. The third-order valence-electron chi connectivity index (χ3n) is 26.5. The summed E-state index contributed by atoms with van der Waals surface area (Å²) in [5.41, 5.74) is -19.3. The van der Waals surface area contributed by atoms with Gasteiger partial charge >= 0.3 is 26.4 Å². The number of phosphoric acid groups is 1. The molecular formula is C105H99Cl3F9N18O7P. The number of alkyl halides is 9. The Morgan fingerprint density at radius 2 is 0.497 bits per heavy atom. The fourth-order valence-corrected chi connectivity index (χ4v) is 23.4. The molecule has 9 aromatic heterocycles. The topological polar surface area (TPSA) is 311 Å². The molecule has 0 aliphatic heterocycles. The normalized spacial score (nSPS) is 13.2. The van der Waals surface area contributed by atoms with Crippen LogP contribution in [-0.4, -0.2) is 73.1 Å². The number of aryl methyl sites for hydroxylation is 3. The predicted molar refractivity (Wildman–Crippen MR) is 525 cm³/mol. The van der Waals surface area contributed by atoms with Crippen LogP contribution in [0.3, 0.4) is 0 Å². The fraction of sp³-hybridized carbons (Fsp3) is 0.343. The van der Waals surface area contributed by atoms with Crippen LogP contribution in [0.15, 0.2) is 196 Å². The number of halogens is 12. The minimum absolute atomic E-state index is 0.0591. The molecule has 0 N–H and O–H groups in total. The SMILES string of the molecule is Cc1nc(C(F)(F)F)ccc1C(n1c(=O)c(-c2ccc(C#N)cc2)c(-c2ccc(Cl)cc2)c2nnc(COP(=O)(OCc3nnc4c(-c5ccc(Cl)cc5)c(-c5ccc(C#N)cc5)c(=O)n(C(c5ccc(C(F)(F)F)nc5C)(C(C)(C)C)C(C)(C)C)n34)OCc3nnc4c(-c5ccc(Cl)cc5)c(-c5ccc(C#N)cc5)c(=O)n(C(c5ccc(C(F)(F)F)nc5C)(C(C)(C)C)C(C)(C)C)n34)n21)(C(C)(C)C)C(C)(C)C. The van der Waals surface area contributed by atoms with Crippen LogP contribution in [0.4, 0.5) is 39.5 Å². The van der Waals surface area contributed by atoms with Gasteiger partial charge in [0.1, 0.15) is 53.5 Å². The van der Waals surface area contributed by atoms with E-state index in [0.717, 1.165) is 18.2 Å². The van der Waals surface area contributed by atoms with Gasteiger partial charge in [-0.3, -0.25) is 28.0 Å². The van der Waals surface area contributed by atoms with Crippen LogP contribution in [0.1, 0.15) is 210 Å². The van der Waals surface area contributed by atoms with Crippen molar-refractivity contribution in [3.8, 4) is 85.0 Å². The van der Waals surface area contributed by atoms with Gasteiger partial charge < -0.3 is 0 Å². The van der Waals surface area contributed by atoms with Crippen molar-refractivity contribution in [3.63, 3.8) is 0 Å². The minimum atomic E-state index is -5.94. The second-order valence-electron chi connectivity index (χ2n) is 41.3. The molecule has 0 radical (unpaired) electrons. The van der Waals surface area contributed by atoms with Gasteiger partial charge in [-0.15, -0.1) is 30.6 Å². The molecule has 0 saturated heterocycles. The molecule has 0 saturated carbocycles. The first-order valence-electron chi connectivity index (χ1n) is 45.2. The zero-order valence-electron chi connectivity index (χ0n) is 81.8. The number of phosphoric ester groups is 1. The lowest BCUT2D eigenvalue weighted by atomic mass is 9.56. The summed E-state index contributed by atoms with van der Waals surface area (Å²) < 4.78 is 183. The molecule has 0 atom stereocenters. The van der Waals surface area contributed by atoms with Crippen LogP contribution < -0.4 is 16.7 Å². The van der Waals surface area contributed by atoms with Crippen LogP contribution in [-0.2, 0) is 73.1 Å². The number of nitrogens with zero attached hydrogens (tertiary/aromatic N) is 18. The Morgan fingerprint density at radius 1 is 0.301 bits per heavy atom. The van der Waals surface area contributed by atoms with Crippen molar-refractivity contribution >= 4 is 59.6 Å². The zero-order valence-corrected chi connectivity index (χ0v) is 85.0. The Morgan fingerprint density at radius 3 is 0.678 bits per heavy atom. The summed E-state index contributed by atoms with van der Waals surface area (Å²) in [5.74, 6) is -1.26. The molecule has 25 nitrogen and oxygen atoms in total. The van der Waals surface area contributed by atoms with Gasteiger partial charge in [-0.05, 0) is 178 Å². The Bertz CT molecular complexity index is 7170. The van der Waals surface area contributed by atoms with Gasteiger partial charge in [0, 0.05) is 65.5 Å². The first kappa shape index (κ1) is 104. The number of hydrogen-bond donors (Lipinski definition) is 0. The first-order chi connectivity index (χ1) is 66.6. The lowest BCUT2D eigenvalue weighted by Gasteiger charge is -2.55. The van der Waals surface area contributed by atoms with Gasteiger partial charge in [0.05, 0.1) is 51.6 Å². The molecule has 0 aliphatic carbocycles. The quantitative estimate of drug-likeness (QED) is 0.0476. The number of fused-ring (bicyclic) bond motifs is 3. The average Bonchev–Trinajstić information content (AvgIpc) is 1.69. The molecule has 15 rings (SSSR count). The average molecular weight is 2030 g/mol. The summed E-state index contributed by atoms with van der Waals surface area (Å²) in [6, 6.07) is 49.5. The highest BCUT2D eigenvalue weighted by Gasteiger charge is 2.61. The van der Waals surface area contributed by atoms with Gasteiger partial charge in [0.2, 0.25) is 0 Å². The van der Waals surface area contributed by atoms with Crippen molar-refractivity contribution in [1.29, 1.82) is 15.8 Å². The van der Waals surface area contributed by atoms with Crippen molar-refractivity contribution in [3.05, 3.63) is 313 Å². The lowest BCUT2D eigenvalue weighted by molar-refractivity contribution is -0.142. The van der Waals surface area contributed by atoms with Crippen LogP contribution in [0.2, 0.25) is 15.1 Å². The molecule has 0 amide bonds. The largest absolute Gasteiger partial charge is 0.476 e. The van der Waals surface area contributed by atoms with E-state index in [1.165, 1.54) is 139 Å². The van der Waals surface area contributed by atoms with E-state index in [1.807, 2.05) is 0 Å². The van der Waals surface area contributed by atoms with Crippen LogP contribution in [0, 0.1) is 87.3 Å². The second-order valence-corrected chi connectivity index (χ2v) is 44.3. The van der Waals surface area contributed by atoms with Crippen molar-refractivity contribution < 1.29 is 57.7 Å². The number of hydrogen-bond acceptors (Lipinski definition) is 19. The van der Waals surface area contributed by atoms with Gasteiger partial charge in [-0.1, -0.05) is 250 Å². The highest BCUT2D eigenvalue weighted by Crippen LogP contribution is 2.61. The molecule has 0 spiro atoms. The number of benzene rings is 6. The third-order valence-corrected chi connectivity index (χ3v) is 28.6. The molecule has 38 heteroatoms. The minimum Gasteiger partial charge on any atom is -0.279 e. The summed E-state index contributed by atoms with van der Waals surface area (Å²) in [7, 11) is -5.94. The maximum Gasteiger partial charge on any atom is 0.476 e. The summed E-state index contributed by atoms with van der Waals surface area (Å²) in [6.45, 7) is 32.4. The van der Waals surface area contributed by atoms with Gasteiger partial charge in [0.25, 0.3) is 16.7 Å². The van der Waals surface area contributed by atoms with E-state index >= 15 is 58.5 Å². The van der Waals surface area contributed by atoms with Crippen molar-refractivity contribution in [1.82, 2.24) is 73.1 Å². The summed E-state index contributed by atoms with van der Waals surface area (Å²) in [6.07, 6.45) is -15.0. The van der Waals surface area contributed by atoms with Gasteiger partial charge in [-0.25, -0.2) is 47.1 Å². The molecule has 0 bridgehead atoms. The zero-order chi connectivity index (χ0) is 105. The Balaban J connectivity index is 1.08. The van der Waals surface area contributed by atoms with E-state index in [2.05, 4.69) is 33.2 Å². The first-order valence-corrected chi connectivity index (χ1v) is 47.8. The Labute approximate surface area is 832 Å². The maximum atomic E-state index is 18.0. The van der Waals surface area contributed by atoms with Gasteiger partial charge in [-0.2, -0.15) is 55.3 Å². The van der Waals surface area contributed by atoms with E-state index in [9.17, 15) is 15.8 Å². The third kappa shape index (κ3) is 17.8. The van der Waals surface area contributed by atoms with Crippen LogP contribution in [0.25, 0.3) is 83.7 Å². The van der Waals surface area contributed by atoms with Crippen molar-refractivity contribution in [2.24, 2.45) is 32.5 Å². The van der Waals surface area contributed by atoms with Crippen LogP contribution in [0.5, 0.6) is 0 Å². The van der Waals surface area contributed by atoms with Crippen LogP contribution >= 0.6 is 42.6 Å². The Kier molecular flexibility index (Phi) is 26.8. The van der Waals surface area contributed by atoms with E-state index in [4.69, 9.17) is 79.0 Å². The van der Waals surface area contributed by atoms with E-state index in [-0.39, 0.29) is 149 Å². The number of aromatic nitrogens is 15. The summed E-state index contributed by atoms with van der Waals surface area (Å²) in [4.78, 5) is 65.3. The molecule has 9 heterocycles. The molecule has 6 aromatic carbocycles. The van der Waals surface area contributed by atoms with E-state index < -0.39 is 147 Å². The number of rotatable bonds is 21. The maximum absolute atomic E-state index is 18.0. The lowest BCUT2D eigenvalue weighted by Crippen LogP contribution is -2.61. The van der Waals surface area contributed by atoms with Gasteiger partial charge in [0.15, 0.2) is 34.4 Å². The molecule has 0 unspecified atom stereocenters. The monoisotopic (exact) mass is 2030 g/mol. The molecule has 143 heavy (non-hydrogen) atoms. The van der Waals surface area contributed by atoms with E-state index in [1.54, 1.807) is 197 Å². The molecule has 0 fully saturated rings. The summed E-state index contributed by atoms with van der Waals surface area (Å²) in [5, 5.41) is 60.7. The molecular weight excluding hydrogens is 1930 g/mol. The number of pyridine rings is 3. The van der Waals surface area contributed by atoms with Crippen molar-refractivity contribution in [2.45, 2.75) is 200 Å². The molecule has 740 valence electrons. The standard InChI is InChI=1S/C105H99Cl3F9N18O7P/c1-58-73(46-49-76(121-58)103(109,110)111)100(94(4,5)6,95(7,8)9)133-91(136)85(67-28-22-61(52-118)23-29-67)82(64-34-40-70(106)41-35-64)88-127-124-79(130(88)133)55-140-143(139,141-56-80-125-128-89-83(65-36-42-71(107)43-37-65)86(68-30-24-62(53-119)25-31-68)92(137)134(131(80)89)101(96(10,11)12,97(13,14)15)74-47-50-77(104(112,113)114)122-59(74)2)142-57-81-126-129-90-84(66-38-44-72(108)45-39-66)87(69-32-26-63(54-120)27-33-69)93(138)135(132(81)90)102(98(16,17)18,99(19,20)21)75-48-51-78(105(115,116)117)123-60(75)3/h22-51H,55-57H2,1-21H3. The summed E-state index contributed by atoms with van der Waals surface area (Å²) >= 11 is 20.0. The predicted octanol–water partition coefficient (Wildman–Crippen LogP) is 25.6. The molecule has 0 aliphatic rings. The second kappa shape index (κ2) is 36.8. The van der Waals surface area contributed by atoms with Crippen molar-refractivity contribution in [2.75, 3.05) is 0 Å². The number of nitriles is 3. The smallest absolute Gasteiger partial charge is 0.279 e. The van der Waals surface area contributed by atoms with E-state index in [0.29, 0.717) is 0 Å².